The van der Waals surface area contributed by atoms with Crippen molar-refractivity contribution in [1.82, 2.24) is 4.98 Å². The molecule has 0 unspecified atom stereocenters. The average Bonchev–Trinajstić information content (AvgIpc) is 3.23. The highest BCUT2D eigenvalue weighted by Crippen LogP contribution is 2.40. The highest BCUT2D eigenvalue weighted by atomic mass is 35.5. The molecular formula is C23H20ClN3O5S2. The minimum absolute atomic E-state index is 0.0720. The van der Waals surface area contributed by atoms with Gasteiger partial charge in [0.15, 0.2) is 26.5 Å². The zero-order valence-corrected chi connectivity index (χ0v) is 20.8. The SMILES string of the molecule is COc1ccc(N(C(=O)c2ccccc2Cl)c2nc3c(N)cc(S(C)(=O)=O)cc3s2)cc1OC. The third-order valence-electron chi connectivity index (χ3n) is 5.04. The van der Waals surface area contributed by atoms with Crippen LogP contribution in [0.15, 0.2) is 59.5 Å². The number of anilines is 3. The van der Waals surface area contributed by atoms with E-state index in [1.165, 1.54) is 31.3 Å². The van der Waals surface area contributed by atoms with E-state index in [4.69, 9.17) is 26.8 Å². The van der Waals surface area contributed by atoms with E-state index >= 15 is 0 Å². The molecule has 4 aromatic rings. The number of nitrogen functional groups attached to an aromatic ring is 1. The van der Waals surface area contributed by atoms with Crippen LogP contribution in [0.5, 0.6) is 11.5 Å². The molecule has 1 amide bonds. The van der Waals surface area contributed by atoms with Gasteiger partial charge >= 0.3 is 0 Å². The number of sulfone groups is 1. The minimum atomic E-state index is -3.49. The Balaban J connectivity index is 1.95. The highest BCUT2D eigenvalue weighted by molar-refractivity contribution is 7.90. The maximum Gasteiger partial charge on any atom is 0.266 e. The molecule has 0 aliphatic carbocycles. The average molecular weight is 518 g/mol. The third kappa shape index (κ3) is 4.39. The standard InChI is InChI=1S/C23H20ClN3O5S2/c1-31-18-9-8-13(10-19(18)32-2)27(22(28)15-6-4-5-7-16(15)24)23-26-21-17(25)11-14(34(3,29)30)12-20(21)33-23/h4-12H,25H2,1-3H3. The molecule has 0 spiro atoms. The molecule has 0 saturated heterocycles. The predicted octanol–water partition coefficient (Wildman–Crippen LogP) is 4.93. The van der Waals surface area contributed by atoms with E-state index in [0.29, 0.717) is 27.4 Å². The number of aromatic nitrogens is 1. The van der Waals surface area contributed by atoms with Gasteiger partial charge in [-0.1, -0.05) is 35.1 Å². The van der Waals surface area contributed by atoms with Gasteiger partial charge in [0.2, 0.25) is 0 Å². The minimum Gasteiger partial charge on any atom is -0.493 e. The van der Waals surface area contributed by atoms with Gasteiger partial charge in [-0.15, -0.1) is 0 Å². The van der Waals surface area contributed by atoms with Crippen LogP contribution < -0.4 is 20.1 Å². The van der Waals surface area contributed by atoms with Crippen LogP contribution in [0.1, 0.15) is 10.4 Å². The first-order valence-corrected chi connectivity index (χ1v) is 12.9. The molecular weight excluding hydrogens is 498 g/mol. The number of ether oxygens (including phenoxy) is 2. The molecule has 11 heteroatoms. The van der Waals surface area contributed by atoms with E-state index < -0.39 is 15.7 Å². The fourth-order valence-electron chi connectivity index (χ4n) is 3.36. The van der Waals surface area contributed by atoms with E-state index in [-0.39, 0.29) is 26.3 Å². The second kappa shape index (κ2) is 9.13. The molecule has 0 saturated carbocycles. The summed E-state index contributed by atoms with van der Waals surface area (Å²) in [5, 5.41) is 0.558. The van der Waals surface area contributed by atoms with Gasteiger partial charge in [0.1, 0.15) is 5.52 Å². The van der Waals surface area contributed by atoms with E-state index in [1.807, 2.05) is 0 Å². The molecule has 0 aliphatic heterocycles. The number of carbonyl (C=O) groups excluding carboxylic acids is 1. The lowest BCUT2D eigenvalue weighted by atomic mass is 10.1. The van der Waals surface area contributed by atoms with Gasteiger partial charge in [0, 0.05) is 12.3 Å². The number of hydrogen-bond acceptors (Lipinski definition) is 8. The van der Waals surface area contributed by atoms with Crippen molar-refractivity contribution in [3.05, 3.63) is 65.2 Å². The number of halogens is 1. The molecule has 1 aromatic heterocycles. The number of fused-ring (bicyclic) bond motifs is 1. The van der Waals surface area contributed by atoms with Crippen molar-refractivity contribution < 1.29 is 22.7 Å². The number of nitrogens with zero attached hydrogens (tertiary/aromatic N) is 2. The second-order valence-corrected chi connectivity index (χ2v) is 10.7. The van der Waals surface area contributed by atoms with Crippen LogP contribution in [-0.2, 0) is 9.84 Å². The summed E-state index contributed by atoms with van der Waals surface area (Å²) in [4.78, 5) is 19.7. The molecule has 1 heterocycles. The van der Waals surface area contributed by atoms with Crippen molar-refractivity contribution in [2.24, 2.45) is 0 Å². The molecule has 0 bridgehead atoms. The van der Waals surface area contributed by atoms with Gasteiger partial charge in [-0.25, -0.2) is 13.4 Å². The van der Waals surface area contributed by atoms with Crippen molar-refractivity contribution >= 4 is 65.4 Å². The molecule has 2 N–H and O–H groups in total. The van der Waals surface area contributed by atoms with E-state index in [1.54, 1.807) is 42.5 Å². The first-order chi connectivity index (χ1) is 16.1. The van der Waals surface area contributed by atoms with Crippen molar-refractivity contribution in [3.63, 3.8) is 0 Å². The summed E-state index contributed by atoms with van der Waals surface area (Å²) in [7, 11) is -0.484. The molecule has 0 aliphatic rings. The van der Waals surface area contributed by atoms with Crippen LogP contribution in [0.3, 0.4) is 0 Å². The normalized spacial score (nSPS) is 11.4. The van der Waals surface area contributed by atoms with Crippen molar-refractivity contribution in [1.29, 1.82) is 0 Å². The molecule has 34 heavy (non-hydrogen) atoms. The van der Waals surface area contributed by atoms with Gasteiger partial charge in [0.25, 0.3) is 5.91 Å². The number of benzene rings is 3. The molecule has 176 valence electrons. The number of thiazole rings is 1. The van der Waals surface area contributed by atoms with Gasteiger partial charge in [0.05, 0.1) is 45.8 Å². The summed E-state index contributed by atoms with van der Waals surface area (Å²) < 4.78 is 35.4. The Hall–Kier alpha value is -3.34. The van der Waals surface area contributed by atoms with E-state index in [9.17, 15) is 13.2 Å². The Morgan fingerprint density at radius 1 is 1.06 bits per heavy atom. The molecule has 3 aromatic carbocycles. The smallest absolute Gasteiger partial charge is 0.266 e. The predicted molar refractivity (Wildman–Crippen MR) is 135 cm³/mol. The monoisotopic (exact) mass is 517 g/mol. The lowest BCUT2D eigenvalue weighted by molar-refractivity contribution is 0.0999. The zero-order chi connectivity index (χ0) is 24.6. The first kappa shape index (κ1) is 23.8. The third-order valence-corrected chi connectivity index (χ3v) is 7.45. The summed E-state index contributed by atoms with van der Waals surface area (Å²) in [6.07, 6.45) is 1.10. The lowest BCUT2D eigenvalue weighted by Crippen LogP contribution is -2.26. The van der Waals surface area contributed by atoms with Crippen LogP contribution in [0.25, 0.3) is 10.2 Å². The van der Waals surface area contributed by atoms with Crippen LogP contribution in [-0.4, -0.2) is 39.8 Å². The van der Waals surface area contributed by atoms with Crippen molar-refractivity contribution in [3.8, 4) is 11.5 Å². The fourth-order valence-corrected chi connectivity index (χ4v) is 5.38. The highest BCUT2D eigenvalue weighted by Gasteiger charge is 2.27. The largest absolute Gasteiger partial charge is 0.493 e. The van der Waals surface area contributed by atoms with Crippen molar-refractivity contribution in [2.45, 2.75) is 4.90 Å². The number of nitrogens with two attached hydrogens (primary N) is 1. The maximum absolute atomic E-state index is 13.7. The Bertz CT molecular complexity index is 1520. The first-order valence-electron chi connectivity index (χ1n) is 9.85. The van der Waals surface area contributed by atoms with E-state index in [2.05, 4.69) is 4.98 Å². The second-order valence-electron chi connectivity index (χ2n) is 7.29. The molecule has 0 radical (unpaired) electrons. The Kier molecular flexibility index (Phi) is 6.39. The van der Waals surface area contributed by atoms with Crippen LogP contribution in [0.2, 0.25) is 5.02 Å². The lowest BCUT2D eigenvalue weighted by Gasteiger charge is -2.22. The summed E-state index contributed by atoms with van der Waals surface area (Å²) in [6.45, 7) is 0. The quantitative estimate of drug-likeness (QED) is 0.361. The zero-order valence-electron chi connectivity index (χ0n) is 18.4. The molecule has 0 atom stereocenters. The van der Waals surface area contributed by atoms with Gasteiger partial charge in [-0.05, 0) is 36.4 Å². The van der Waals surface area contributed by atoms with Crippen LogP contribution in [0.4, 0.5) is 16.5 Å². The fraction of sp³-hybridized carbons (Fsp3) is 0.130. The van der Waals surface area contributed by atoms with E-state index in [0.717, 1.165) is 17.6 Å². The molecule has 0 fully saturated rings. The summed E-state index contributed by atoms with van der Waals surface area (Å²) in [5.74, 6) is 0.471. The number of methoxy groups -OCH3 is 2. The topological polar surface area (TPSA) is 112 Å². The van der Waals surface area contributed by atoms with Gasteiger partial charge in [-0.3, -0.25) is 9.69 Å². The number of hydrogen-bond donors (Lipinski definition) is 1. The maximum atomic E-state index is 13.7. The van der Waals surface area contributed by atoms with Crippen LogP contribution >= 0.6 is 22.9 Å². The van der Waals surface area contributed by atoms with Crippen molar-refractivity contribution in [2.75, 3.05) is 31.1 Å². The Labute approximate surface area is 205 Å². The van der Waals surface area contributed by atoms with Gasteiger partial charge in [-0.2, -0.15) is 0 Å². The summed E-state index contributed by atoms with van der Waals surface area (Å²) in [6, 6.07) is 14.5. The van der Waals surface area contributed by atoms with Gasteiger partial charge < -0.3 is 15.2 Å². The number of rotatable bonds is 6. The summed E-state index contributed by atoms with van der Waals surface area (Å²) in [5.41, 5.74) is 7.42. The molecule has 4 rings (SSSR count). The molecule has 8 nitrogen and oxygen atoms in total. The summed E-state index contributed by atoms with van der Waals surface area (Å²) >= 11 is 7.45. The Morgan fingerprint density at radius 2 is 1.76 bits per heavy atom. The number of amides is 1. The number of carbonyl (C=O) groups is 1. The van der Waals surface area contributed by atoms with Crippen LogP contribution in [0, 0.1) is 0 Å². The Morgan fingerprint density at radius 3 is 2.41 bits per heavy atom.